The molecule has 2 amide bonds. The summed E-state index contributed by atoms with van der Waals surface area (Å²) in [6.45, 7) is 0.551. The van der Waals surface area contributed by atoms with E-state index in [1.807, 2.05) is 0 Å². The summed E-state index contributed by atoms with van der Waals surface area (Å²) in [7, 11) is 1.33. The molecule has 2 atom stereocenters. The van der Waals surface area contributed by atoms with E-state index in [0.29, 0.717) is 18.7 Å². The van der Waals surface area contributed by atoms with Crippen LogP contribution in [0.2, 0.25) is 0 Å². The van der Waals surface area contributed by atoms with Gasteiger partial charge < -0.3 is 15.0 Å². The van der Waals surface area contributed by atoms with E-state index in [1.54, 1.807) is 4.90 Å². The van der Waals surface area contributed by atoms with Crippen LogP contribution in [0.4, 0.5) is 4.79 Å². The molecule has 2 aliphatic heterocycles. The first kappa shape index (κ1) is 13.2. The van der Waals surface area contributed by atoms with E-state index in [-0.39, 0.29) is 17.1 Å². The van der Waals surface area contributed by atoms with Gasteiger partial charge in [-0.3, -0.25) is 9.59 Å². The summed E-state index contributed by atoms with van der Waals surface area (Å²) in [4.78, 5) is 36.6. The number of hydrogen-bond donors (Lipinski definition) is 1. The van der Waals surface area contributed by atoms with Gasteiger partial charge in [-0.1, -0.05) is 11.8 Å². The Hall–Kier alpha value is -1.24. The van der Waals surface area contributed by atoms with Crippen LogP contribution in [0.1, 0.15) is 19.3 Å². The van der Waals surface area contributed by atoms with E-state index in [0.717, 1.165) is 24.6 Å². The second-order valence-electron chi connectivity index (χ2n) is 4.36. The lowest BCUT2D eigenvalue weighted by Gasteiger charge is -2.35. The van der Waals surface area contributed by atoms with Crippen LogP contribution in [-0.2, 0) is 14.3 Å². The molecule has 0 bridgehead atoms. The molecule has 7 heteroatoms. The molecule has 100 valence electrons. The zero-order valence-electron chi connectivity index (χ0n) is 10.2. The van der Waals surface area contributed by atoms with Crippen LogP contribution >= 0.6 is 11.8 Å². The van der Waals surface area contributed by atoms with Crippen LogP contribution in [0.5, 0.6) is 0 Å². The van der Waals surface area contributed by atoms with Crippen LogP contribution in [0.3, 0.4) is 0 Å². The number of likely N-dealkylation sites (tertiary alicyclic amines) is 1. The highest BCUT2D eigenvalue weighted by Gasteiger charge is 2.38. The number of ether oxygens (including phenoxy) is 1. The first-order chi connectivity index (χ1) is 8.63. The number of methoxy groups -OCH3 is 1. The Labute approximate surface area is 109 Å². The van der Waals surface area contributed by atoms with E-state index in [1.165, 1.54) is 7.11 Å². The minimum Gasteiger partial charge on any atom is -0.467 e. The molecular weight excluding hydrogens is 256 g/mol. The Kier molecular flexibility index (Phi) is 4.11. The van der Waals surface area contributed by atoms with Gasteiger partial charge >= 0.3 is 5.97 Å². The van der Waals surface area contributed by atoms with E-state index >= 15 is 0 Å². The maximum absolute atomic E-state index is 12.3. The van der Waals surface area contributed by atoms with Crippen molar-refractivity contribution in [1.82, 2.24) is 10.2 Å². The van der Waals surface area contributed by atoms with E-state index in [2.05, 4.69) is 5.32 Å². The van der Waals surface area contributed by atoms with Crippen LogP contribution in [0.15, 0.2) is 0 Å². The topological polar surface area (TPSA) is 75.7 Å². The first-order valence-electron chi connectivity index (χ1n) is 5.95. The van der Waals surface area contributed by atoms with Gasteiger partial charge in [0.1, 0.15) is 12.1 Å². The minimum atomic E-state index is -0.507. The Balaban J connectivity index is 2.06. The lowest BCUT2D eigenvalue weighted by atomic mass is 10.0. The van der Waals surface area contributed by atoms with Gasteiger partial charge in [0.05, 0.1) is 7.11 Å². The third kappa shape index (κ3) is 2.60. The molecule has 0 aromatic carbocycles. The zero-order chi connectivity index (χ0) is 13.1. The number of carbonyl (C=O) groups excluding carboxylic acids is 3. The fourth-order valence-corrected chi connectivity index (χ4v) is 3.06. The number of nitrogens with zero attached hydrogens (tertiary/aromatic N) is 1. The number of hydrogen-bond acceptors (Lipinski definition) is 5. The van der Waals surface area contributed by atoms with Gasteiger partial charge in [-0.2, -0.15) is 0 Å². The average Bonchev–Trinajstić information content (AvgIpc) is 2.83. The normalized spacial score (nSPS) is 27.8. The van der Waals surface area contributed by atoms with Crippen molar-refractivity contribution < 1.29 is 19.1 Å². The molecule has 0 spiro atoms. The fourth-order valence-electron chi connectivity index (χ4n) is 2.29. The van der Waals surface area contributed by atoms with Gasteiger partial charge in [0.25, 0.3) is 5.24 Å². The summed E-state index contributed by atoms with van der Waals surface area (Å²) in [6.07, 6.45) is 2.43. The summed E-state index contributed by atoms with van der Waals surface area (Å²) in [5.41, 5.74) is 0. The Morgan fingerprint density at radius 3 is 2.83 bits per heavy atom. The molecular formula is C11H16N2O4S. The molecule has 2 aliphatic rings. The van der Waals surface area contributed by atoms with E-state index in [9.17, 15) is 14.4 Å². The molecule has 6 nitrogen and oxygen atoms in total. The SMILES string of the molecule is COC(=O)[C@H]1CCCCN1C(=O)C1CSC(=O)N1. The van der Waals surface area contributed by atoms with Crippen molar-refractivity contribution in [1.29, 1.82) is 0 Å². The standard InChI is InChI=1S/C11H16N2O4S/c1-17-10(15)8-4-2-3-5-13(8)9(14)7-6-18-11(16)12-7/h7-8H,2-6H2,1H3,(H,12,16)/t7?,8-/m1/s1. The largest absolute Gasteiger partial charge is 0.467 e. The fraction of sp³-hybridized carbons (Fsp3) is 0.727. The second-order valence-corrected chi connectivity index (χ2v) is 5.35. The van der Waals surface area contributed by atoms with Crippen molar-refractivity contribution in [2.45, 2.75) is 31.3 Å². The van der Waals surface area contributed by atoms with Crippen LogP contribution in [-0.4, -0.2) is 53.5 Å². The highest BCUT2D eigenvalue weighted by molar-refractivity contribution is 8.14. The number of carbonyl (C=O) groups is 3. The summed E-state index contributed by atoms with van der Waals surface area (Å²) >= 11 is 1.10. The van der Waals surface area contributed by atoms with E-state index in [4.69, 9.17) is 4.74 Å². The number of amides is 2. The second kappa shape index (κ2) is 5.60. The minimum absolute atomic E-state index is 0.177. The third-order valence-corrected chi connectivity index (χ3v) is 4.11. The quantitative estimate of drug-likeness (QED) is 0.735. The Morgan fingerprint density at radius 2 is 2.22 bits per heavy atom. The monoisotopic (exact) mass is 272 g/mol. The number of rotatable bonds is 2. The molecule has 18 heavy (non-hydrogen) atoms. The number of esters is 1. The maximum atomic E-state index is 12.3. The Bertz CT molecular complexity index is 374. The molecule has 2 fully saturated rings. The smallest absolute Gasteiger partial charge is 0.328 e. The molecule has 0 aliphatic carbocycles. The number of nitrogens with one attached hydrogen (secondary N) is 1. The summed E-state index contributed by atoms with van der Waals surface area (Å²) in [5, 5.41) is 2.43. The molecule has 2 rings (SSSR count). The van der Waals surface area contributed by atoms with E-state index < -0.39 is 12.1 Å². The predicted octanol–water partition coefficient (Wildman–Crippen LogP) is 0.365. The molecule has 2 saturated heterocycles. The van der Waals surface area contributed by atoms with Crippen molar-refractivity contribution in [3.63, 3.8) is 0 Å². The van der Waals surface area contributed by atoms with Gasteiger partial charge in [0.2, 0.25) is 5.91 Å². The van der Waals surface area contributed by atoms with Crippen molar-refractivity contribution in [2.24, 2.45) is 0 Å². The summed E-state index contributed by atoms with van der Waals surface area (Å²) < 4.78 is 4.73. The van der Waals surface area contributed by atoms with Gasteiger partial charge in [-0.15, -0.1) is 0 Å². The molecule has 0 saturated carbocycles. The van der Waals surface area contributed by atoms with Crippen molar-refractivity contribution in [2.75, 3.05) is 19.4 Å². The van der Waals surface area contributed by atoms with Crippen molar-refractivity contribution >= 4 is 28.9 Å². The van der Waals surface area contributed by atoms with Crippen LogP contribution < -0.4 is 5.32 Å². The van der Waals surface area contributed by atoms with Gasteiger partial charge in [0.15, 0.2) is 0 Å². The summed E-state index contributed by atoms with van der Waals surface area (Å²) in [6, 6.07) is -1.01. The predicted molar refractivity (Wildman–Crippen MR) is 66.1 cm³/mol. The molecule has 1 unspecified atom stereocenters. The summed E-state index contributed by atoms with van der Waals surface area (Å²) in [5.74, 6) is -0.120. The van der Waals surface area contributed by atoms with Gasteiger partial charge in [-0.05, 0) is 19.3 Å². The lowest BCUT2D eigenvalue weighted by molar-refractivity contribution is -0.155. The number of thioether (sulfide) groups is 1. The van der Waals surface area contributed by atoms with Crippen LogP contribution in [0.25, 0.3) is 0 Å². The molecule has 0 aromatic rings. The van der Waals surface area contributed by atoms with Crippen molar-refractivity contribution in [3.8, 4) is 0 Å². The van der Waals surface area contributed by atoms with Gasteiger partial charge in [-0.25, -0.2) is 4.79 Å². The zero-order valence-corrected chi connectivity index (χ0v) is 11.0. The first-order valence-corrected chi connectivity index (χ1v) is 6.93. The highest BCUT2D eigenvalue weighted by atomic mass is 32.2. The van der Waals surface area contributed by atoms with Gasteiger partial charge in [0, 0.05) is 12.3 Å². The molecule has 0 aromatic heterocycles. The molecule has 2 heterocycles. The number of piperidine rings is 1. The molecule has 0 radical (unpaired) electrons. The Morgan fingerprint density at radius 1 is 1.44 bits per heavy atom. The van der Waals surface area contributed by atoms with Crippen molar-refractivity contribution in [3.05, 3.63) is 0 Å². The van der Waals surface area contributed by atoms with Crippen LogP contribution in [0, 0.1) is 0 Å². The maximum Gasteiger partial charge on any atom is 0.328 e. The lowest BCUT2D eigenvalue weighted by Crippen LogP contribution is -2.54. The average molecular weight is 272 g/mol. The highest BCUT2D eigenvalue weighted by Crippen LogP contribution is 2.22. The third-order valence-electron chi connectivity index (χ3n) is 3.23. The molecule has 1 N–H and O–H groups in total.